The number of halogens is 1. The summed E-state index contributed by atoms with van der Waals surface area (Å²) in [5.74, 6) is -0.560. The van der Waals surface area contributed by atoms with E-state index in [0.717, 1.165) is 30.4 Å². The van der Waals surface area contributed by atoms with E-state index in [4.69, 9.17) is 17.3 Å². The number of ether oxygens (including phenoxy) is 1. The predicted octanol–water partition coefficient (Wildman–Crippen LogP) is 0.751. The van der Waals surface area contributed by atoms with E-state index in [0.29, 0.717) is 5.69 Å². The minimum atomic E-state index is -0.560. The van der Waals surface area contributed by atoms with Crippen LogP contribution in [0.15, 0.2) is 11.0 Å². The third-order valence-electron chi connectivity index (χ3n) is 3.65. The van der Waals surface area contributed by atoms with E-state index in [1.165, 1.54) is 13.3 Å². The van der Waals surface area contributed by atoms with E-state index in [9.17, 15) is 9.59 Å². The topological polar surface area (TPSA) is 99.2 Å². The van der Waals surface area contributed by atoms with Crippen molar-refractivity contribution in [2.75, 3.05) is 12.4 Å². The summed E-state index contributed by atoms with van der Waals surface area (Å²) in [5, 5.41) is 7.12. The van der Waals surface area contributed by atoms with Crippen LogP contribution in [0.25, 0.3) is 0 Å². The molecule has 0 unspecified atom stereocenters. The van der Waals surface area contributed by atoms with E-state index < -0.39 is 11.5 Å². The van der Waals surface area contributed by atoms with Crippen molar-refractivity contribution in [2.24, 2.45) is 5.73 Å². The first-order chi connectivity index (χ1) is 10.0. The van der Waals surface area contributed by atoms with Gasteiger partial charge in [-0.1, -0.05) is 24.4 Å². The van der Waals surface area contributed by atoms with Gasteiger partial charge in [0.25, 0.3) is 5.56 Å². The van der Waals surface area contributed by atoms with Crippen LogP contribution in [0.2, 0.25) is 5.02 Å². The molecule has 1 saturated carbocycles. The smallest absolute Gasteiger partial charge is 0.327 e. The summed E-state index contributed by atoms with van der Waals surface area (Å²) >= 11 is 6.06. The van der Waals surface area contributed by atoms with Gasteiger partial charge in [-0.15, -0.1) is 0 Å². The lowest BCUT2D eigenvalue weighted by molar-refractivity contribution is -0.141. The number of rotatable bonds is 4. The zero-order valence-corrected chi connectivity index (χ0v) is 12.6. The molecule has 0 saturated heterocycles. The highest BCUT2D eigenvalue weighted by Gasteiger charge is 2.23. The number of nitrogens with two attached hydrogens (primary N) is 1. The second-order valence-corrected chi connectivity index (χ2v) is 5.49. The van der Waals surface area contributed by atoms with Gasteiger partial charge in [0.1, 0.15) is 11.6 Å². The third-order valence-corrected chi connectivity index (χ3v) is 4.02. The normalized spacial score (nSPS) is 21.9. The van der Waals surface area contributed by atoms with Crippen molar-refractivity contribution in [1.82, 2.24) is 9.78 Å². The largest absolute Gasteiger partial charge is 0.468 e. The number of anilines is 1. The lowest BCUT2D eigenvalue weighted by Gasteiger charge is -2.30. The Kier molecular flexibility index (Phi) is 5.19. The van der Waals surface area contributed by atoms with Gasteiger partial charge in [-0.25, -0.2) is 4.68 Å². The maximum atomic E-state index is 12.1. The second kappa shape index (κ2) is 6.91. The summed E-state index contributed by atoms with van der Waals surface area (Å²) in [7, 11) is 1.25. The van der Waals surface area contributed by atoms with Crippen molar-refractivity contribution >= 4 is 23.3 Å². The number of esters is 1. The maximum Gasteiger partial charge on any atom is 0.327 e. The van der Waals surface area contributed by atoms with Crippen LogP contribution in [0.3, 0.4) is 0 Å². The quantitative estimate of drug-likeness (QED) is 0.796. The summed E-state index contributed by atoms with van der Waals surface area (Å²) in [6, 6.07) is 0.112. The number of hydrogen-bond acceptors (Lipinski definition) is 6. The van der Waals surface area contributed by atoms with Gasteiger partial charge < -0.3 is 15.8 Å². The van der Waals surface area contributed by atoms with Crippen LogP contribution in [0, 0.1) is 0 Å². The molecule has 3 N–H and O–H groups in total. The molecular weight excluding hydrogens is 296 g/mol. The standard InChI is InChI=1S/C13H19ClN4O3/c1-21-11(19)7-18-13(20)12(14)10(6-16-18)17-9-5-3-2-4-8(9)15/h6,8-9,17H,2-5,7,15H2,1H3/t8-,9-/m1/s1. The van der Waals surface area contributed by atoms with Gasteiger partial charge in [-0.2, -0.15) is 5.10 Å². The van der Waals surface area contributed by atoms with E-state index in [1.807, 2.05) is 0 Å². The fourth-order valence-corrected chi connectivity index (χ4v) is 2.60. The Bertz CT molecular complexity index is 575. The molecule has 1 aromatic heterocycles. The van der Waals surface area contributed by atoms with Crippen LogP contribution in [0.1, 0.15) is 25.7 Å². The molecule has 0 amide bonds. The van der Waals surface area contributed by atoms with Crippen LogP contribution in [-0.4, -0.2) is 34.9 Å². The summed E-state index contributed by atoms with van der Waals surface area (Å²) < 4.78 is 5.47. The minimum absolute atomic E-state index is 0.00618. The number of aromatic nitrogens is 2. The second-order valence-electron chi connectivity index (χ2n) is 5.11. The molecule has 1 aromatic rings. The molecule has 1 fully saturated rings. The maximum absolute atomic E-state index is 12.1. The van der Waals surface area contributed by atoms with Gasteiger partial charge in [0.15, 0.2) is 0 Å². The molecule has 116 valence electrons. The van der Waals surface area contributed by atoms with E-state index in [2.05, 4.69) is 15.2 Å². The van der Waals surface area contributed by atoms with Crippen LogP contribution in [0.5, 0.6) is 0 Å². The van der Waals surface area contributed by atoms with Gasteiger partial charge in [0.05, 0.1) is 19.0 Å². The highest BCUT2D eigenvalue weighted by molar-refractivity contribution is 6.32. The molecule has 0 aliphatic heterocycles. The molecular formula is C13H19ClN4O3. The molecule has 2 atom stereocenters. The van der Waals surface area contributed by atoms with Gasteiger partial charge in [-0.05, 0) is 12.8 Å². The molecule has 8 heteroatoms. The molecule has 1 heterocycles. The first-order valence-corrected chi connectivity index (χ1v) is 7.25. The highest BCUT2D eigenvalue weighted by atomic mass is 35.5. The van der Waals surface area contributed by atoms with Gasteiger partial charge in [0, 0.05) is 12.1 Å². The van der Waals surface area contributed by atoms with Crippen LogP contribution >= 0.6 is 11.6 Å². The number of nitrogens with one attached hydrogen (secondary N) is 1. The van der Waals surface area contributed by atoms with Crippen molar-refractivity contribution in [3.63, 3.8) is 0 Å². The molecule has 7 nitrogen and oxygen atoms in total. The average Bonchev–Trinajstić information content (AvgIpc) is 2.48. The van der Waals surface area contributed by atoms with Crippen molar-refractivity contribution in [3.8, 4) is 0 Å². The van der Waals surface area contributed by atoms with Gasteiger partial charge in [-0.3, -0.25) is 9.59 Å². The Hall–Kier alpha value is -1.60. The van der Waals surface area contributed by atoms with Crippen molar-refractivity contribution < 1.29 is 9.53 Å². The zero-order valence-electron chi connectivity index (χ0n) is 11.8. The minimum Gasteiger partial charge on any atom is -0.468 e. The van der Waals surface area contributed by atoms with Gasteiger partial charge >= 0.3 is 5.97 Å². The summed E-state index contributed by atoms with van der Waals surface area (Å²) in [5.41, 5.74) is 5.98. The number of methoxy groups -OCH3 is 1. The first-order valence-electron chi connectivity index (χ1n) is 6.87. The SMILES string of the molecule is COC(=O)Cn1ncc(N[C@@H]2CCCC[C@H]2N)c(Cl)c1=O. The number of nitrogens with zero attached hydrogens (tertiary/aromatic N) is 2. The Morgan fingerprint density at radius 2 is 2.29 bits per heavy atom. The van der Waals surface area contributed by atoms with E-state index in [-0.39, 0.29) is 23.7 Å². The molecule has 21 heavy (non-hydrogen) atoms. The number of carbonyl (C=O) groups is 1. The lowest BCUT2D eigenvalue weighted by Crippen LogP contribution is -2.43. The molecule has 0 bridgehead atoms. The molecule has 0 aromatic carbocycles. The molecule has 2 rings (SSSR count). The number of hydrogen-bond donors (Lipinski definition) is 2. The fourth-order valence-electron chi connectivity index (χ4n) is 2.40. The van der Waals surface area contributed by atoms with Crippen LogP contribution in [-0.2, 0) is 16.1 Å². The lowest BCUT2D eigenvalue weighted by atomic mass is 9.91. The summed E-state index contributed by atoms with van der Waals surface area (Å²) in [6.45, 7) is -0.266. The van der Waals surface area contributed by atoms with Crippen LogP contribution in [0.4, 0.5) is 5.69 Å². The third kappa shape index (κ3) is 3.74. The first kappa shape index (κ1) is 15.8. The highest BCUT2D eigenvalue weighted by Crippen LogP contribution is 2.23. The van der Waals surface area contributed by atoms with Crippen molar-refractivity contribution in [1.29, 1.82) is 0 Å². The number of carbonyl (C=O) groups excluding carboxylic acids is 1. The molecule has 1 aliphatic rings. The molecule has 0 radical (unpaired) electrons. The zero-order chi connectivity index (χ0) is 15.4. The summed E-state index contributed by atoms with van der Waals surface area (Å²) in [4.78, 5) is 23.2. The van der Waals surface area contributed by atoms with Crippen LogP contribution < -0.4 is 16.6 Å². The van der Waals surface area contributed by atoms with Gasteiger partial charge in [0.2, 0.25) is 0 Å². The Labute approximate surface area is 127 Å². The van der Waals surface area contributed by atoms with E-state index in [1.54, 1.807) is 0 Å². The fraction of sp³-hybridized carbons (Fsp3) is 0.615. The Balaban J connectivity index is 2.16. The Morgan fingerprint density at radius 3 is 2.95 bits per heavy atom. The van der Waals surface area contributed by atoms with E-state index >= 15 is 0 Å². The van der Waals surface area contributed by atoms with Crippen molar-refractivity contribution in [2.45, 2.75) is 44.3 Å². The van der Waals surface area contributed by atoms with Crippen molar-refractivity contribution in [3.05, 3.63) is 21.6 Å². The predicted molar refractivity (Wildman–Crippen MR) is 79.4 cm³/mol. The summed E-state index contributed by atoms with van der Waals surface area (Å²) in [6.07, 6.45) is 5.53. The monoisotopic (exact) mass is 314 g/mol. The Morgan fingerprint density at radius 1 is 1.57 bits per heavy atom. The molecule has 1 aliphatic carbocycles. The molecule has 0 spiro atoms. The average molecular weight is 315 g/mol.